The molecule has 0 radical (unpaired) electrons. The van der Waals surface area contributed by atoms with Crippen molar-refractivity contribution in [3.8, 4) is 0 Å². The van der Waals surface area contributed by atoms with E-state index in [1.807, 2.05) is 27.7 Å². The molecule has 0 aromatic carbocycles. The minimum atomic E-state index is -0.539. The maximum atomic E-state index is 12.5. The summed E-state index contributed by atoms with van der Waals surface area (Å²) in [6.07, 6.45) is 6.04. The fourth-order valence-corrected chi connectivity index (χ4v) is 2.53. The fourth-order valence-electron chi connectivity index (χ4n) is 2.53. The predicted molar refractivity (Wildman–Crippen MR) is 76.2 cm³/mol. The van der Waals surface area contributed by atoms with Crippen molar-refractivity contribution >= 4 is 5.91 Å². The van der Waals surface area contributed by atoms with Crippen LogP contribution in [0.25, 0.3) is 0 Å². The lowest BCUT2D eigenvalue weighted by Crippen LogP contribution is -2.58. The SMILES string of the molecule is CCC1CCCCC1NC(=O)C(C)(C)C(C)(C)N. The fraction of sp³-hybridized carbons (Fsp3) is 0.933. The van der Waals surface area contributed by atoms with Crippen LogP contribution < -0.4 is 11.1 Å². The summed E-state index contributed by atoms with van der Waals surface area (Å²) in [4.78, 5) is 12.5. The zero-order valence-electron chi connectivity index (χ0n) is 12.7. The molecule has 2 atom stereocenters. The van der Waals surface area contributed by atoms with E-state index in [0.29, 0.717) is 12.0 Å². The first-order valence-corrected chi connectivity index (χ1v) is 7.30. The first kappa shape index (κ1) is 15.5. The minimum absolute atomic E-state index is 0.0975. The molecule has 106 valence electrons. The molecule has 2 unspecified atom stereocenters. The summed E-state index contributed by atoms with van der Waals surface area (Å²) in [5.74, 6) is 0.736. The van der Waals surface area contributed by atoms with E-state index in [9.17, 15) is 4.79 Å². The van der Waals surface area contributed by atoms with E-state index in [0.717, 1.165) is 12.8 Å². The molecule has 1 aliphatic rings. The Hall–Kier alpha value is -0.570. The zero-order chi connectivity index (χ0) is 14.0. The zero-order valence-corrected chi connectivity index (χ0v) is 12.7. The summed E-state index contributed by atoms with van der Waals surface area (Å²) in [6, 6.07) is 0.345. The Morgan fingerprint density at radius 3 is 2.28 bits per heavy atom. The van der Waals surface area contributed by atoms with Crippen LogP contribution in [0.4, 0.5) is 0 Å². The molecule has 3 N–H and O–H groups in total. The Balaban J connectivity index is 2.69. The van der Waals surface area contributed by atoms with Crippen molar-refractivity contribution in [3.63, 3.8) is 0 Å². The molecule has 0 aromatic heterocycles. The van der Waals surface area contributed by atoms with Gasteiger partial charge in [-0.1, -0.05) is 26.2 Å². The molecule has 1 saturated carbocycles. The smallest absolute Gasteiger partial charge is 0.227 e. The molecule has 1 amide bonds. The highest BCUT2D eigenvalue weighted by Crippen LogP contribution is 2.31. The van der Waals surface area contributed by atoms with Crippen LogP contribution in [-0.2, 0) is 4.79 Å². The first-order valence-electron chi connectivity index (χ1n) is 7.30. The standard InChI is InChI=1S/C15H30N2O/c1-6-11-9-7-8-10-12(11)17-13(18)14(2,3)15(4,5)16/h11-12H,6-10,16H2,1-5H3,(H,17,18). The van der Waals surface area contributed by atoms with E-state index in [2.05, 4.69) is 12.2 Å². The van der Waals surface area contributed by atoms with Gasteiger partial charge in [0, 0.05) is 11.6 Å². The van der Waals surface area contributed by atoms with Gasteiger partial charge in [0.1, 0.15) is 0 Å². The van der Waals surface area contributed by atoms with E-state index in [1.54, 1.807) is 0 Å². The van der Waals surface area contributed by atoms with Crippen LogP contribution in [0.15, 0.2) is 0 Å². The minimum Gasteiger partial charge on any atom is -0.353 e. The van der Waals surface area contributed by atoms with Crippen molar-refractivity contribution in [2.24, 2.45) is 17.1 Å². The van der Waals surface area contributed by atoms with E-state index in [4.69, 9.17) is 5.73 Å². The molecule has 0 aromatic rings. The molecule has 3 nitrogen and oxygen atoms in total. The van der Waals surface area contributed by atoms with Gasteiger partial charge >= 0.3 is 0 Å². The third-order valence-electron chi connectivity index (χ3n) is 4.93. The van der Waals surface area contributed by atoms with Crippen LogP contribution >= 0.6 is 0 Å². The Morgan fingerprint density at radius 2 is 1.78 bits per heavy atom. The van der Waals surface area contributed by atoms with Crippen molar-refractivity contribution in [2.45, 2.75) is 78.3 Å². The molecule has 0 aliphatic heterocycles. The lowest BCUT2D eigenvalue weighted by atomic mass is 9.73. The van der Waals surface area contributed by atoms with Crippen LogP contribution in [0.1, 0.15) is 66.7 Å². The van der Waals surface area contributed by atoms with Crippen molar-refractivity contribution in [1.82, 2.24) is 5.32 Å². The van der Waals surface area contributed by atoms with Crippen LogP contribution in [0.5, 0.6) is 0 Å². The van der Waals surface area contributed by atoms with Gasteiger partial charge < -0.3 is 11.1 Å². The average molecular weight is 254 g/mol. The molecule has 1 aliphatic carbocycles. The number of hydrogen-bond donors (Lipinski definition) is 2. The number of carbonyl (C=O) groups excluding carboxylic acids is 1. The number of nitrogens with two attached hydrogens (primary N) is 1. The van der Waals surface area contributed by atoms with Crippen molar-refractivity contribution < 1.29 is 4.79 Å². The third-order valence-corrected chi connectivity index (χ3v) is 4.93. The number of rotatable bonds is 4. The topological polar surface area (TPSA) is 55.1 Å². The van der Waals surface area contributed by atoms with Crippen molar-refractivity contribution in [2.75, 3.05) is 0 Å². The molecule has 1 rings (SSSR count). The summed E-state index contributed by atoms with van der Waals surface area (Å²) in [6.45, 7) is 9.93. The Morgan fingerprint density at radius 1 is 1.22 bits per heavy atom. The Bertz CT molecular complexity index is 291. The van der Waals surface area contributed by atoms with Crippen molar-refractivity contribution in [1.29, 1.82) is 0 Å². The largest absolute Gasteiger partial charge is 0.353 e. The van der Waals surface area contributed by atoms with E-state index in [-0.39, 0.29) is 5.91 Å². The molecular formula is C15H30N2O. The second-order valence-electron chi connectivity index (χ2n) is 6.88. The average Bonchev–Trinajstić information content (AvgIpc) is 2.28. The molecule has 0 saturated heterocycles. The van der Waals surface area contributed by atoms with Gasteiger partial charge in [-0.15, -0.1) is 0 Å². The maximum absolute atomic E-state index is 12.5. The number of carbonyl (C=O) groups is 1. The van der Waals surface area contributed by atoms with Crippen LogP contribution in [-0.4, -0.2) is 17.5 Å². The van der Waals surface area contributed by atoms with E-state index in [1.165, 1.54) is 19.3 Å². The van der Waals surface area contributed by atoms with Gasteiger partial charge in [0.25, 0.3) is 0 Å². The summed E-state index contributed by atoms with van der Waals surface area (Å²) >= 11 is 0. The number of amides is 1. The molecule has 18 heavy (non-hydrogen) atoms. The molecule has 0 spiro atoms. The van der Waals surface area contributed by atoms with Gasteiger partial charge in [-0.2, -0.15) is 0 Å². The summed E-state index contributed by atoms with van der Waals surface area (Å²) in [5.41, 5.74) is 5.08. The maximum Gasteiger partial charge on any atom is 0.227 e. The van der Waals surface area contributed by atoms with Gasteiger partial charge in [-0.05, 0) is 46.5 Å². The predicted octanol–water partition coefficient (Wildman–Crippen LogP) is 2.83. The first-order chi connectivity index (χ1) is 8.20. The lowest BCUT2D eigenvalue weighted by Gasteiger charge is -2.40. The number of nitrogens with one attached hydrogen (secondary N) is 1. The molecule has 0 bridgehead atoms. The highest BCUT2D eigenvalue weighted by Gasteiger charge is 2.41. The van der Waals surface area contributed by atoms with Crippen LogP contribution in [0, 0.1) is 11.3 Å². The van der Waals surface area contributed by atoms with Crippen LogP contribution in [0.2, 0.25) is 0 Å². The second kappa shape index (κ2) is 5.60. The normalized spacial score (nSPS) is 25.9. The summed E-state index contributed by atoms with van der Waals surface area (Å²) in [5, 5.41) is 3.25. The van der Waals surface area contributed by atoms with E-state index >= 15 is 0 Å². The van der Waals surface area contributed by atoms with Gasteiger partial charge in [-0.25, -0.2) is 0 Å². The quantitative estimate of drug-likeness (QED) is 0.810. The summed E-state index contributed by atoms with van der Waals surface area (Å²) in [7, 11) is 0. The molecule has 3 heteroatoms. The van der Waals surface area contributed by atoms with Gasteiger partial charge in [-0.3, -0.25) is 4.79 Å². The van der Waals surface area contributed by atoms with E-state index < -0.39 is 11.0 Å². The van der Waals surface area contributed by atoms with Gasteiger partial charge in [0.15, 0.2) is 0 Å². The van der Waals surface area contributed by atoms with Gasteiger partial charge in [0.05, 0.1) is 5.41 Å². The monoisotopic (exact) mass is 254 g/mol. The third kappa shape index (κ3) is 3.25. The molecule has 1 fully saturated rings. The molecular weight excluding hydrogens is 224 g/mol. The lowest BCUT2D eigenvalue weighted by molar-refractivity contribution is -0.133. The Kier molecular flexibility index (Phi) is 4.82. The Labute approximate surface area is 112 Å². The highest BCUT2D eigenvalue weighted by molar-refractivity contribution is 5.83. The van der Waals surface area contributed by atoms with Gasteiger partial charge in [0.2, 0.25) is 5.91 Å². The number of hydrogen-bond acceptors (Lipinski definition) is 2. The molecule has 0 heterocycles. The highest BCUT2D eigenvalue weighted by atomic mass is 16.2. The van der Waals surface area contributed by atoms with Crippen LogP contribution in [0.3, 0.4) is 0 Å². The second-order valence-corrected chi connectivity index (χ2v) is 6.88. The summed E-state index contributed by atoms with van der Waals surface area (Å²) < 4.78 is 0. The van der Waals surface area contributed by atoms with Crippen molar-refractivity contribution in [3.05, 3.63) is 0 Å².